The Bertz CT molecular complexity index is 1280. The molecular weight excluding hydrogens is 506 g/mol. The fraction of sp³-hybridized carbons (Fsp3) is 0.409. The molecule has 2 fully saturated rings. The number of nitrogens with one attached hydrogen (secondary N) is 2. The van der Waals surface area contributed by atoms with E-state index in [1.54, 1.807) is 0 Å². The Hall–Kier alpha value is -3.10. The van der Waals surface area contributed by atoms with Crippen LogP contribution in [0.1, 0.15) is 12.5 Å². The van der Waals surface area contributed by atoms with Crippen molar-refractivity contribution in [1.29, 1.82) is 0 Å². The van der Waals surface area contributed by atoms with Gasteiger partial charge >= 0.3 is 0 Å². The summed E-state index contributed by atoms with van der Waals surface area (Å²) < 4.78 is 51.3. The Morgan fingerprint density at radius 3 is 2.69 bits per heavy atom. The van der Waals surface area contributed by atoms with Crippen molar-refractivity contribution in [3.63, 3.8) is 0 Å². The number of aromatic amines is 1. The maximum absolute atomic E-state index is 14.5. The molecule has 4 heterocycles. The van der Waals surface area contributed by atoms with Gasteiger partial charge < -0.3 is 39.5 Å². The maximum atomic E-state index is 14.5. The van der Waals surface area contributed by atoms with Crippen LogP contribution >= 0.6 is 11.6 Å². The molecule has 2 aromatic heterocycles. The van der Waals surface area contributed by atoms with Crippen LogP contribution in [0.25, 0.3) is 11.2 Å². The minimum absolute atomic E-state index is 0.0610. The van der Waals surface area contributed by atoms with E-state index in [-0.39, 0.29) is 41.5 Å². The fourth-order valence-electron chi connectivity index (χ4n) is 3.93. The lowest BCUT2D eigenvalue weighted by atomic mass is 10.1. The minimum atomic E-state index is -1.34. The maximum Gasteiger partial charge on any atom is 0.296 e. The molecule has 11 nitrogen and oxygen atoms in total. The molecule has 192 valence electrons. The van der Waals surface area contributed by atoms with Crippen molar-refractivity contribution in [2.24, 2.45) is 0 Å². The molecule has 2 aliphatic heterocycles. The molecule has 3 aromatic rings. The Morgan fingerprint density at radius 2 is 1.97 bits per heavy atom. The molecule has 36 heavy (non-hydrogen) atoms. The van der Waals surface area contributed by atoms with Crippen LogP contribution in [0.3, 0.4) is 0 Å². The molecular formula is C22H21ClF2N4O7. The highest BCUT2D eigenvalue weighted by molar-refractivity contribution is 6.32. The molecule has 0 radical (unpaired) electrons. The number of halogens is 3. The largest absolute Gasteiger partial charge is 0.471 e. The van der Waals surface area contributed by atoms with Gasteiger partial charge in [-0.2, -0.15) is 9.97 Å². The zero-order valence-corrected chi connectivity index (χ0v) is 19.5. The number of carbonyl (C=O) groups excluding carboxylic acids is 1. The van der Waals surface area contributed by atoms with Gasteiger partial charge in [-0.1, -0.05) is 11.6 Å². The molecule has 1 aromatic carbocycles. The lowest BCUT2D eigenvalue weighted by Crippen LogP contribution is -2.34. The van der Waals surface area contributed by atoms with Crippen LogP contribution in [-0.4, -0.2) is 74.8 Å². The number of aliphatic hydroxyl groups is 2. The fourth-order valence-corrected chi connectivity index (χ4v) is 4.13. The van der Waals surface area contributed by atoms with E-state index in [1.807, 2.05) is 0 Å². The van der Waals surface area contributed by atoms with Crippen molar-refractivity contribution in [2.45, 2.75) is 44.1 Å². The number of imidazole rings is 1. The second-order valence-corrected chi connectivity index (χ2v) is 8.79. The quantitative estimate of drug-likeness (QED) is 0.361. The number of hydrogen-bond donors (Lipinski definition) is 4. The summed E-state index contributed by atoms with van der Waals surface area (Å²) >= 11 is 6.23. The highest BCUT2D eigenvalue weighted by Crippen LogP contribution is 2.32. The molecule has 0 spiro atoms. The topological polar surface area (TPSA) is 148 Å². The first-order valence-corrected chi connectivity index (χ1v) is 11.3. The Labute approximate surface area is 207 Å². The molecule has 5 rings (SSSR count). The number of H-pyrrole nitrogens is 1. The van der Waals surface area contributed by atoms with Gasteiger partial charge in [-0.15, -0.1) is 0 Å². The van der Waals surface area contributed by atoms with Crippen LogP contribution < -0.4 is 14.8 Å². The first kappa shape index (κ1) is 24.6. The van der Waals surface area contributed by atoms with E-state index in [9.17, 15) is 23.8 Å². The molecule has 0 bridgehead atoms. The first-order chi connectivity index (χ1) is 17.2. The third-order valence-electron chi connectivity index (χ3n) is 5.76. The summed E-state index contributed by atoms with van der Waals surface area (Å²) in [5.41, 5.74) is 0.0477. The van der Waals surface area contributed by atoms with Gasteiger partial charge in [-0.25, -0.2) is 8.78 Å². The Morgan fingerprint density at radius 1 is 1.25 bits per heavy atom. The SMILES string of the molecule is CC(O)C(=O)Nc1cc(F)c(COc2nc3nc(O[C@@H]4COC5C4OC[C@H]5O)[nH]c3cc2Cl)c(F)c1. The monoisotopic (exact) mass is 526 g/mol. The molecule has 2 saturated heterocycles. The van der Waals surface area contributed by atoms with E-state index in [0.29, 0.717) is 5.52 Å². The second kappa shape index (κ2) is 9.75. The molecule has 0 saturated carbocycles. The van der Waals surface area contributed by atoms with E-state index in [4.69, 9.17) is 30.5 Å². The van der Waals surface area contributed by atoms with Crippen molar-refractivity contribution >= 4 is 34.4 Å². The molecule has 3 unspecified atom stereocenters. The van der Waals surface area contributed by atoms with Gasteiger partial charge in [-0.3, -0.25) is 4.79 Å². The van der Waals surface area contributed by atoms with Gasteiger partial charge in [-0.05, 0) is 25.1 Å². The number of nitrogens with zero attached hydrogens (tertiary/aromatic N) is 2. The molecule has 2 aliphatic rings. The number of pyridine rings is 1. The summed E-state index contributed by atoms with van der Waals surface area (Å²) in [6.45, 7) is 1.05. The molecule has 0 aliphatic carbocycles. The predicted octanol–water partition coefficient (Wildman–Crippen LogP) is 1.69. The summed E-state index contributed by atoms with van der Waals surface area (Å²) in [6.07, 6.45) is -3.44. The molecule has 4 N–H and O–H groups in total. The Kier molecular flexibility index (Phi) is 6.66. The van der Waals surface area contributed by atoms with Crippen LogP contribution in [-0.2, 0) is 20.9 Å². The molecule has 5 atom stereocenters. The lowest BCUT2D eigenvalue weighted by Gasteiger charge is -2.15. The van der Waals surface area contributed by atoms with Gasteiger partial charge in [0.15, 0.2) is 11.8 Å². The Balaban J connectivity index is 1.28. The van der Waals surface area contributed by atoms with Crippen molar-refractivity contribution in [3.05, 3.63) is 40.4 Å². The highest BCUT2D eigenvalue weighted by Gasteiger charge is 2.48. The van der Waals surface area contributed by atoms with E-state index in [2.05, 4.69) is 20.3 Å². The standard InChI is InChI=1S/C22H21ClF2N4O7/c1-8(30)20(32)26-9-2-12(24)10(13(25)3-9)5-35-21-11(23)4-14-19(28-21)29-22(27-14)36-16-7-34-17-15(31)6-33-18(16)17/h2-4,8,15-18,30-31H,5-7H2,1H3,(H,26,32)(H,27,28,29)/t8?,15-,16-,17?,18?/m1/s1. The second-order valence-electron chi connectivity index (χ2n) is 8.38. The predicted molar refractivity (Wildman–Crippen MR) is 120 cm³/mol. The van der Waals surface area contributed by atoms with E-state index in [1.165, 1.54) is 13.0 Å². The lowest BCUT2D eigenvalue weighted by molar-refractivity contribution is -0.123. The normalized spacial score (nSPS) is 24.1. The van der Waals surface area contributed by atoms with Crippen molar-refractivity contribution < 1.29 is 42.7 Å². The van der Waals surface area contributed by atoms with Crippen LogP contribution in [0.5, 0.6) is 11.9 Å². The third kappa shape index (κ3) is 4.80. The van der Waals surface area contributed by atoms with Crippen molar-refractivity contribution in [1.82, 2.24) is 15.0 Å². The van der Waals surface area contributed by atoms with Crippen LogP contribution in [0, 0.1) is 11.6 Å². The number of fused-ring (bicyclic) bond motifs is 2. The number of anilines is 1. The zero-order chi connectivity index (χ0) is 25.6. The number of benzene rings is 1. The van der Waals surface area contributed by atoms with Gasteiger partial charge in [0, 0.05) is 5.69 Å². The van der Waals surface area contributed by atoms with E-state index in [0.717, 1.165) is 12.1 Å². The molecule has 14 heteroatoms. The summed E-state index contributed by atoms with van der Waals surface area (Å²) in [7, 11) is 0. The van der Waals surface area contributed by atoms with Crippen LogP contribution in [0.4, 0.5) is 14.5 Å². The van der Waals surface area contributed by atoms with Gasteiger partial charge in [0.05, 0.1) is 24.3 Å². The minimum Gasteiger partial charge on any atom is -0.471 e. The number of hydrogen-bond acceptors (Lipinski definition) is 9. The van der Waals surface area contributed by atoms with Crippen molar-refractivity contribution in [3.8, 4) is 11.9 Å². The summed E-state index contributed by atoms with van der Waals surface area (Å²) in [4.78, 5) is 22.9. The first-order valence-electron chi connectivity index (χ1n) is 10.9. The highest BCUT2D eigenvalue weighted by atomic mass is 35.5. The average Bonchev–Trinajstić information content (AvgIpc) is 3.50. The van der Waals surface area contributed by atoms with E-state index < -0.39 is 60.2 Å². The van der Waals surface area contributed by atoms with Crippen LogP contribution in [0.2, 0.25) is 5.02 Å². The van der Waals surface area contributed by atoms with Gasteiger partial charge in [0.2, 0.25) is 5.88 Å². The zero-order valence-electron chi connectivity index (χ0n) is 18.7. The number of rotatable bonds is 7. The van der Waals surface area contributed by atoms with Gasteiger partial charge in [0.25, 0.3) is 11.9 Å². The van der Waals surface area contributed by atoms with Crippen LogP contribution in [0.15, 0.2) is 18.2 Å². The summed E-state index contributed by atoms with van der Waals surface area (Å²) in [6, 6.07) is 3.41. The molecule has 1 amide bonds. The third-order valence-corrected chi connectivity index (χ3v) is 6.03. The number of aromatic nitrogens is 3. The average molecular weight is 527 g/mol. The number of carbonyl (C=O) groups is 1. The summed E-state index contributed by atoms with van der Waals surface area (Å²) in [5.74, 6) is -2.86. The smallest absolute Gasteiger partial charge is 0.296 e. The van der Waals surface area contributed by atoms with Crippen molar-refractivity contribution in [2.75, 3.05) is 18.5 Å². The van der Waals surface area contributed by atoms with Gasteiger partial charge in [0.1, 0.15) is 47.7 Å². The number of aliphatic hydroxyl groups excluding tert-OH is 2. The number of ether oxygens (including phenoxy) is 4. The number of amides is 1. The van der Waals surface area contributed by atoms with E-state index >= 15 is 0 Å². The summed E-state index contributed by atoms with van der Waals surface area (Å²) in [5, 5.41) is 21.3.